The number of halogens is 2. The molecule has 0 spiro atoms. The number of carbonyl (C=O) groups is 1. The summed E-state index contributed by atoms with van der Waals surface area (Å²) in [6.45, 7) is 2.01. The van der Waals surface area contributed by atoms with Crippen molar-refractivity contribution in [2.24, 2.45) is 5.73 Å². The Balaban J connectivity index is 2.56. The number of rotatable bonds is 6. The number of amides is 1. The molecular formula is C12H16F2N2O2. The monoisotopic (exact) mass is 258 g/mol. The number of nitrogens with one attached hydrogen (secondary N) is 1. The van der Waals surface area contributed by atoms with E-state index in [1.807, 2.05) is 0 Å². The molecule has 18 heavy (non-hydrogen) atoms. The third-order valence-corrected chi connectivity index (χ3v) is 2.30. The molecule has 6 heteroatoms. The van der Waals surface area contributed by atoms with Crippen LogP contribution < -0.4 is 11.1 Å². The number of ether oxygens (including phenoxy) is 1. The fourth-order valence-electron chi connectivity index (χ4n) is 1.46. The van der Waals surface area contributed by atoms with E-state index in [9.17, 15) is 13.6 Å². The third-order valence-electron chi connectivity index (χ3n) is 2.30. The predicted molar refractivity (Wildman–Crippen MR) is 62.8 cm³/mol. The van der Waals surface area contributed by atoms with Crippen LogP contribution in [0.2, 0.25) is 0 Å². The van der Waals surface area contributed by atoms with Gasteiger partial charge in [0, 0.05) is 12.1 Å². The summed E-state index contributed by atoms with van der Waals surface area (Å²) in [6.07, 6.45) is 0. The first-order chi connectivity index (χ1) is 8.54. The third kappa shape index (κ3) is 4.38. The van der Waals surface area contributed by atoms with Gasteiger partial charge in [-0.05, 0) is 25.1 Å². The van der Waals surface area contributed by atoms with Crippen LogP contribution >= 0.6 is 0 Å². The molecule has 1 aromatic rings. The minimum Gasteiger partial charge on any atom is -0.370 e. The van der Waals surface area contributed by atoms with Gasteiger partial charge in [-0.15, -0.1) is 0 Å². The molecule has 0 radical (unpaired) electrons. The average molecular weight is 258 g/mol. The summed E-state index contributed by atoms with van der Waals surface area (Å²) in [5, 5.41) is 2.51. The smallest absolute Gasteiger partial charge is 0.246 e. The molecule has 1 atom stereocenters. The molecule has 1 unspecified atom stereocenters. The Morgan fingerprint density at radius 2 is 2.22 bits per heavy atom. The van der Waals surface area contributed by atoms with Crippen molar-refractivity contribution in [2.75, 3.05) is 19.8 Å². The van der Waals surface area contributed by atoms with E-state index in [1.54, 1.807) is 6.92 Å². The van der Waals surface area contributed by atoms with Crippen LogP contribution in [0.5, 0.6) is 0 Å². The Hall–Kier alpha value is -1.53. The minimum absolute atomic E-state index is 0.0992. The maximum atomic E-state index is 13.4. The van der Waals surface area contributed by atoms with Crippen molar-refractivity contribution in [1.82, 2.24) is 5.32 Å². The number of benzene rings is 1. The van der Waals surface area contributed by atoms with Gasteiger partial charge in [0.2, 0.25) is 5.91 Å². The van der Waals surface area contributed by atoms with Crippen molar-refractivity contribution in [3.8, 4) is 0 Å². The molecule has 0 aliphatic carbocycles. The second-order valence-corrected chi connectivity index (χ2v) is 3.80. The van der Waals surface area contributed by atoms with E-state index in [1.165, 1.54) is 0 Å². The highest BCUT2D eigenvalue weighted by Gasteiger charge is 2.14. The maximum absolute atomic E-state index is 13.4. The zero-order valence-corrected chi connectivity index (χ0v) is 10.1. The second-order valence-electron chi connectivity index (χ2n) is 3.80. The summed E-state index contributed by atoms with van der Waals surface area (Å²) in [4.78, 5) is 11.4. The van der Waals surface area contributed by atoms with Gasteiger partial charge in [0.05, 0.1) is 12.6 Å². The van der Waals surface area contributed by atoms with Gasteiger partial charge in [-0.3, -0.25) is 4.79 Å². The van der Waals surface area contributed by atoms with Crippen LogP contribution in [0.4, 0.5) is 8.78 Å². The van der Waals surface area contributed by atoms with Crippen molar-refractivity contribution in [3.05, 3.63) is 35.4 Å². The van der Waals surface area contributed by atoms with E-state index < -0.39 is 23.6 Å². The lowest BCUT2D eigenvalue weighted by Crippen LogP contribution is -2.31. The molecule has 1 aromatic carbocycles. The van der Waals surface area contributed by atoms with Crippen molar-refractivity contribution >= 4 is 5.91 Å². The summed E-state index contributed by atoms with van der Waals surface area (Å²) >= 11 is 0. The number of nitrogens with two attached hydrogens (primary N) is 1. The lowest BCUT2D eigenvalue weighted by Gasteiger charge is -2.15. The van der Waals surface area contributed by atoms with Gasteiger partial charge in [-0.2, -0.15) is 0 Å². The Kier molecular flexibility index (Phi) is 5.67. The summed E-state index contributed by atoms with van der Waals surface area (Å²) in [5.74, 6) is -1.52. The standard InChI is InChI=1S/C12H16F2N2O2/c1-8(16-12(17)7-18-5-4-15)10-6-9(13)2-3-11(10)14/h2-3,6,8H,4-5,7,15H2,1H3,(H,16,17). The van der Waals surface area contributed by atoms with E-state index in [0.717, 1.165) is 18.2 Å². The molecule has 3 N–H and O–H groups in total. The first kappa shape index (κ1) is 14.5. The van der Waals surface area contributed by atoms with Crippen LogP contribution in [0.25, 0.3) is 0 Å². The molecule has 0 fully saturated rings. The van der Waals surface area contributed by atoms with E-state index >= 15 is 0 Å². The van der Waals surface area contributed by atoms with Gasteiger partial charge in [0.25, 0.3) is 0 Å². The van der Waals surface area contributed by atoms with Crippen molar-refractivity contribution in [3.63, 3.8) is 0 Å². The van der Waals surface area contributed by atoms with Gasteiger partial charge < -0.3 is 15.8 Å². The largest absolute Gasteiger partial charge is 0.370 e. The van der Waals surface area contributed by atoms with Crippen LogP contribution in [0, 0.1) is 11.6 Å². The lowest BCUT2D eigenvalue weighted by atomic mass is 10.1. The predicted octanol–water partition coefficient (Wildman–Crippen LogP) is 1.12. The Bertz CT molecular complexity index is 413. The first-order valence-corrected chi connectivity index (χ1v) is 5.56. The van der Waals surface area contributed by atoms with E-state index in [0.29, 0.717) is 6.54 Å². The minimum atomic E-state index is -0.630. The summed E-state index contributed by atoms with van der Waals surface area (Å²) in [7, 11) is 0. The zero-order valence-electron chi connectivity index (χ0n) is 10.1. The van der Waals surface area contributed by atoms with Crippen molar-refractivity contribution in [2.45, 2.75) is 13.0 Å². The van der Waals surface area contributed by atoms with Crippen molar-refractivity contribution in [1.29, 1.82) is 0 Å². The number of hydrogen-bond donors (Lipinski definition) is 2. The fraction of sp³-hybridized carbons (Fsp3) is 0.417. The fourth-order valence-corrected chi connectivity index (χ4v) is 1.46. The lowest BCUT2D eigenvalue weighted by molar-refractivity contribution is -0.126. The highest BCUT2D eigenvalue weighted by molar-refractivity contribution is 5.77. The van der Waals surface area contributed by atoms with Crippen LogP contribution in [-0.2, 0) is 9.53 Å². The maximum Gasteiger partial charge on any atom is 0.246 e. The van der Waals surface area contributed by atoms with Gasteiger partial charge >= 0.3 is 0 Å². The molecule has 0 saturated carbocycles. The summed E-state index contributed by atoms with van der Waals surface area (Å²) < 4.78 is 31.3. The molecule has 0 aliphatic rings. The van der Waals surface area contributed by atoms with Crippen LogP contribution in [0.3, 0.4) is 0 Å². The second kappa shape index (κ2) is 7.03. The summed E-state index contributed by atoms with van der Waals surface area (Å²) in [6, 6.07) is 2.48. The Labute approximate surface area is 104 Å². The quantitative estimate of drug-likeness (QED) is 0.751. The molecular weight excluding hydrogens is 242 g/mol. The first-order valence-electron chi connectivity index (χ1n) is 5.56. The van der Waals surface area contributed by atoms with Gasteiger partial charge in [-0.25, -0.2) is 8.78 Å². The van der Waals surface area contributed by atoms with E-state index in [2.05, 4.69) is 5.32 Å². The van der Waals surface area contributed by atoms with Crippen LogP contribution in [0.15, 0.2) is 18.2 Å². The van der Waals surface area contributed by atoms with Crippen LogP contribution in [-0.4, -0.2) is 25.7 Å². The molecule has 1 rings (SSSR count). The van der Waals surface area contributed by atoms with Gasteiger partial charge in [0.15, 0.2) is 0 Å². The molecule has 0 saturated heterocycles. The SMILES string of the molecule is CC(NC(=O)COCCN)c1cc(F)ccc1F. The molecule has 0 bridgehead atoms. The van der Waals surface area contributed by atoms with Gasteiger partial charge in [0.1, 0.15) is 18.2 Å². The Morgan fingerprint density at radius 1 is 1.50 bits per heavy atom. The zero-order chi connectivity index (χ0) is 13.5. The number of carbonyl (C=O) groups excluding carboxylic acids is 1. The molecule has 0 heterocycles. The molecule has 4 nitrogen and oxygen atoms in total. The molecule has 0 aromatic heterocycles. The highest BCUT2D eigenvalue weighted by Crippen LogP contribution is 2.17. The van der Waals surface area contributed by atoms with Crippen LogP contribution in [0.1, 0.15) is 18.5 Å². The topological polar surface area (TPSA) is 64.3 Å². The summed E-state index contributed by atoms with van der Waals surface area (Å²) in [5.41, 5.74) is 5.29. The van der Waals surface area contributed by atoms with Gasteiger partial charge in [-0.1, -0.05) is 0 Å². The number of hydrogen-bond acceptors (Lipinski definition) is 3. The van der Waals surface area contributed by atoms with Crippen molar-refractivity contribution < 1.29 is 18.3 Å². The van der Waals surface area contributed by atoms with E-state index in [4.69, 9.17) is 10.5 Å². The average Bonchev–Trinajstić information content (AvgIpc) is 2.32. The van der Waals surface area contributed by atoms with E-state index in [-0.39, 0.29) is 18.8 Å². The highest BCUT2D eigenvalue weighted by atomic mass is 19.1. The molecule has 100 valence electrons. The molecule has 0 aliphatic heterocycles. The normalized spacial score (nSPS) is 12.2. The molecule has 1 amide bonds. The Morgan fingerprint density at radius 3 is 2.89 bits per heavy atom.